The van der Waals surface area contributed by atoms with Crippen molar-refractivity contribution in [2.24, 2.45) is 10.9 Å². The number of phenolic OH excluding ortho intramolecular Hbond substituents is 1. The Morgan fingerprint density at radius 3 is 2.12 bits per heavy atom. The first-order valence-electron chi connectivity index (χ1n) is 20.1. The van der Waals surface area contributed by atoms with Crippen LogP contribution in [0.15, 0.2) is 39.9 Å². The number of aliphatic imine (C=N–C) groups is 1. The number of hydrogen-bond donors (Lipinski definition) is 4. The number of ether oxygens (including phenoxy) is 1. The second kappa shape index (κ2) is 16.5. The van der Waals surface area contributed by atoms with Gasteiger partial charge >= 0.3 is 0 Å². The van der Waals surface area contributed by atoms with Crippen LogP contribution in [0.25, 0.3) is 0 Å². The van der Waals surface area contributed by atoms with Crippen molar-refractivity contribution in [2.45, 2.75) is 127 Å². The lowest BCUT2D eigenvalue weighted by molar-refractivity contribution is -0.148. The van der Waals surface area contributed by atoms with Crippen LogP contribution in [0, 0.1) is 5.92 Å². The van der Waals surface area contributed by atoms with Crippen LogP contribution in [0.3, 0.4) is 0 Å². The number of rotatable bonds is 4. The van der Waals surface area contributed by atoms with Crippen LogP contribution in [-0.4, -0.2) is 128 Å². The smallest absolute Gasteiger partial charge is 0.273 e. The quantitative estimate of drug-likeness (QED) is 0.351. The fourth-order valence-electron chi connectivity index (χ4n) is 8.60. The van der Waals surface area contributed by atoms with Crippen molar-refractivity contribution in [1.82, 2.24) is 35.6 Å². The maximum absolute atomic E-state index is 14.4. The first-order chi connectivity index (χ1) is 27.3. The Hall–Kier alpha value is -5.48. The van der Waals surface area contributed by atoms with Gasteiger partial charge in [-0.25, -0.2) is 9.98 Å². The van der Waals surface area contributed by atoms with E-state index < -0.39 is 72.0 Å². The third-order valence-electron chi connectivity index (χ3n) is 12.0. The van der Waals surface area contributed by atoms with E-state index in [4.69, 9.17) is 14.1 Å². The minimum atomic E-state index is -1.08. The third-order valence-corrected chi connectivity index (χ3v) is 12.0. The van der Waals surface area contributed by atoms with Crippen molar-refractivity contribution in [2.75, 3.05) is 19.6 Å². The maximum Gasteiger partial charge on any atom is 0.273 e. The summed E-state index contributed by atoms with van der Waals surface area (Å²) in [6.07, 6.45) is 4.31. The molecular weight excluding hydrogens is 736 g/mol. The number of carbonyl (C=O) groups excluding carboxylic acids is 6. The van der Waals surface area contributed by atoms with E-state index in [1.165, 1.54) is 17.0 Å². The summed E-state index contributed by atoms with van der Waals surface area (Å²) in [7, 11) is 0. The Kier molecular flexibility index (Phi) is 11.5. The minimum Gasteiger partial charge on any atom is -0.508 e. The third kappa shape index (κ3) is 8.05. The summed E-state index contributed by atoms with van der Waals surface area (Å²) in [5.74, 6) is -2.60. The van der Waals surface area contributed by atoms with E-state index in [2.05, 4.69) is 20.9 Å². The summed E-state index contributed by atoms with van der Waals surface area (Å²) >= 11 is 0. The largest absolute Gasteiger partial charge is 0.508 e. The number of amides is 6. The topological polar surface area (TPSA) is 216 Å². The molecule has 5 aliphatic rings. The lowest BCUT2D eigenvalue weighted by atomic mass is 9.96. The molecule has 9 atom stereocenters. The number of phenols is 1. The molecule has 5 aliphatic heterocycles. The van der Waals surface area contributed by atoms with Crippen molar-refractivity contribution < 1.29 is 43.0 Å². The van der Waals surface area contributed by atoms with Crippen molar-refractivity contribution >= 4 is 41.3 Å². The number of aromatic nitrogens is 1. The number of nitrogens with zero attached hydrogens (tertiary/aromatic N) is 5. The molecule has 17 nitrogen and oxygen atoms in total. The van der Waals surface area contributed by atoms with Gasteiger partial charge in [0.25, 0.3) is 5.91 Å². The van der Waals surface area contributed by atoms with Gasteiger partial charge in [0.05, 0.1) is 0 Å². The van der Waals surface area contributed by atoms with Crippen LogP contribution in [0.2, 0.25) is 0 Å². The molecule has 6 heterocycles. The Morgan fingerprint density at radius 2 is 1.44 bits per heavy atom. The van der Waals surface area contributed by atoms with Gasteiger partial charge in [0, 0.05) is 26.1 Å². The molecule has 0 aliphatic carbocycles. The van der Waals surface area contributed by atoms with Crippen LogP contribution >= 0.6 is 0 Å². The Balaban J connectivity index is 1.23. The van der Waals surface area contributed by atoms with Crippen molar-refractivity contribution in [3.63, 3.8) is 0 Å². The average molecular weight is 789 g/mol. The summed E-state index contributed by atoms with van der Waals surface area (Å²) in [5, 5.41) is 18.5. The molecule has 2 aromatic rings. The van der Waals surface area contributed by atoms with E-state index >= 15 is 0 Å². The summed E-state index contributed by atoms with van der Waals surface area (Å²) in [6, 6.07) is 0.347. The highest BCUT2D eigenvalue weighted by Crippen LogP contribution is 2.30. The number of oxazole rings is 1. The zero-order valence-corrected chi connectivity index (χ0v) is 32.8. The molecule has 0 radical (unpaired) electrons. The van der Waals surface area contributed by atoms with Crippen LogP contribution in [0.5, 0.6) is 5.75 Å². The number of nitrogens with one attached hydrogen (secondary N) is 3. The fraction of sp³-hybridized carbons (Fsp3) is 0.600. The second-order valence-corrected chi connectivity index (χ2v) is 15.9. The van der Waals surface area contributed by atoms with Gasteiger partial charge in [-0.3, -0.25) is 28.8 Å². The zero-order valence-electron chi connectivity index (χ0n) is 32.8. The summed E-state index contributed by atoms with van der Waals surface area (Å²) in [5.41, 5.74) is 0.574. The van der Waals surface area contributed by atoms with Gasteiger partial charge in [0.1, 0.15) is 54.4 Å². The monoisotopic (exact) mass is 788 g/mol. The molecule has 1 aromatic carbocycles. The van der Waals surface area contributed by atoms with E-state index in [1.807, 2.05) is 13.8 Å². The molecule has 0 unspecified atom stereocenters. The molecule has 0 saturated carbocycles. The summed E-state index contributed by atoms with van der Waals surface area (Å²) in [6.45, 7) is 8.21. The molecule has 6 amide bonds. The Bertz CT molecular complexity index is 1920. The molecule has 1 aromatic heterocycles. The SMILES string of the molecule is CC[C@H](C)[C@@H]1NC(=O)[C@H]2N=C(O[C@@H]2C)[C@@H]2CCCN2C(=O)[C@H](Cc2ccc(O)cc2)NC(=O)c2coc(n2)[C@H](C)NC(=O)[C@@H]2CCCN2C(=O)[C@@H]2CCCN2C1=O. The molecule has 7 rings (SSSR count). The first-order valence-corrected chi connectivity index (χ1v) is 20.1. The van der Waals surface area contributed by atoms with E-state index in [1.54, 1.807) is 35.8 Å². The maximum atomic E-state index is 14.4. The lowest BCUT2D eigenvalue weighted by Gasteiger charge is -2.34. The minimum absolute atomic E-state index is 0.0511. The summed E-state index contributed by atoms with van der Waals surface area (Å²) in [4.78, 5) is 98.1. The highest BCUT2D eigenvalue weighted by Gasteiger charge is 2.47. The zero-order chi connectivity index (χ0) is 40.5. The Labute approximate surface area is 330 Å². The van der Waals surface area contributed by atoms with Gasteiger partial charge in [-0.1, -0.05) is 32.4 Å². The highest BCUT2D eigenvalue weighted by molar-refractivity contribution is 5.99. The molecule has 17 heteroatoms. The molecular formula is C40H52N8O9. The number of fused-ring (bicyclic) bond motifs is 7. The van der Waals surface area contributed by atoms with Gasteiger partial charge < -0.3 is 44.9 Å². The number of hydrogen-bond acceptors (Lipinski definition) is 11. The molecule has 306 valence electrons. The van der Waals surface area contributed by atoms with E-state index in [0.717, 1.165) is 6.26 Å². The molecule has 3 fully saturated rings. The van der Waals surface area contributed by atoms with Crippen LogP contribution < -0.4 is 16.0 Å². The van der Waals surface area contributed by atoms with E-state index in [9.17, 15) is 33.9 Å². The van der Waals surface area contributed by atoms with Gasteiger partial charge in [0.2, 0.25) is 41.3 Å². The van der Waals surface area contributed by atoms with Gasteiger partial charge in [-0.2, -0.15) is 0 Å². The molecule has 0 spiro atoms. The Morgan fingerprint density at radius 1 is 0.807 bits per heavy atom. The first kappa shape index (κ1) is 39.7. The molecule has 3 saturated heterocycles. The van der Waals surface area contributed by atoms with Crippen LogP contribution in [0.1, 0.15) is 101 Å². The van der Waals surface area contributed by atoms with E-state index in [0.29, 0.717) is 70.1 Å². The van der Waals surface area contributed by atoms with E-state index in [-0.39, 0.29) is 47.4 Å². The lowest BCUT2D eigenvalue weighted by Crippen LogP contribution is -2.58. The number of carbonyl (C=O) groups is 6. The molecule has 57 heavy (non-hydrogen) atoms. The highest BCUT2D eigenvalue weighted by atomic mass is 16.5. The van der Waals surface area contributed by atoms with Gasteiger partial charge in [-0.05, 0) is 76.0 Å². The van der Waals surface area contributed by atoms with Crippen molar-refractivity contribution in [3.05, 3.63) is 47.7 Å². The number of benzene rings is 1. The number of aromatic hydroxyl groups is 1. The van der Waals surface area contributed by atoms with Crippen LogP contribution in [-0.2, 0) is 35.1 Å². The second-order valence-electron chi connectivity index (χ2n) is 15.9. The standard InChI is InChI=1S/C40H52N8O9/c1-5-21(2)31-40(55)48-18-8-11-30(48)39(54)46-16-6-9-28(46)34(51)41-22(3)36-43-27(20-56-36)33(50)42-26(19-24-12-14-25(49)15-13-24)38(53)47-17-7-10-29(47)37-45-32(23(4)57-37)35(52)44-31/h12-15,20-23,26,28-32,49H,5-11,16-19H2,1-4H3,(H,41,51)(H,42,50)(H,44,52)/t21-,22-,23+,26-,28-,29-,30-,31-,32-/m0/s1. The van der Waals surface area contributed by atoms with Gasteiger partial charge in [0.15, 0.2) is 11.7 Å². The predicted octanol–water partition coefficient (Wildman–Crippen LogP) is 1.60. The normalized spacial score (nSPS) is 30.7. The van der Waals surface area contributed by atoms with Crippen molar-refractivity contribution in [1.29, 1.82) is 0 Å². The molecule has 4 bridgehead atoms. The summed E-state index contributed by atoms with van der Waals surface area (Å²) < 4.78 is 11.8. The molecule has 4 N–H and O–H groups in total. The fourth-order valence-corrected chi connectivity index (χ4v) is 8.60. The van der Waals surface area contributed by atoms with Crippen LogP contribution in [0.4, 0.5) is 0 Å². The van der Waals surface area contributed by atoms with Crippen molar-refractivity contribution in [3.8, 4) is 5.75 Å². The predicted molar refractivity (Wildman–Crippen MR) is 203 cm³/mol. The van der Waals surface area contributed by atoms with Gasteiger partial charge in [-0.15, -0.1) is 0 Å². The average Bonchev–Trinajstić information content (AvgIpc) is 4.05.